The Bertz CT molecular complexity index is 781. The van der Waals surface area contributed by atoms with Gasteiger partial charge in [0.25, 0.3) is 5.91 Å². The fraction of sp³-hybridized carbons (Fsp3) is 0.444. The molecule has 2 fully saturated rings. The van der Waals surface area contributed by atoms with Crippen LogP contribution in [-0.4, -0.2) is 51.7 Å². The lowest BCUT2D eigenvalue weighted by atomic mass is 10.1. The normalized spacial score (nSPS) is 24.3. The van der Waals surface area contributed by atoms with Crippen molar-refractivity contribution in [1.82, 2.24) is 4.90 Å². The largest absolute Gasteiger partial charge is 0.454 e. The molecule has 26 heavy (non-hydrogen) atoms. The molecule has 0 saturated carbocycles. The van der Waals surface area contributed by atoms with Gasteiger partial charge in [0, 0.05) is 17.7 Å². The minimum Gasteiger partial charge on any atom is -0.454 e. The van der Waals surface area contributed by atoms with E-state index in [1.807, 2.05) is 6.92 Å². The van der Waals surface area contributed by atoms with Gasteiger partial charge < -0.3 is 15.0 Å². The zero-order valence-electron chi connectivity index (χ0n) is 14.6. The number of para-hydroxylation sites is 1. The summed E-state index contributed by atoms with van der Waals surface area (Å²) in [7, 11) is 0. The SMILES string of the molecule is CC(=O)c1ccccc1NC(=O)COC(=O)[C@H]1CS[C@@]2(C)CCC(=O)N12. The third kappa shape index (κ3) is 3.46. The number of fused-ring (bicyclic) bond motifs is 1. The zero-order chi connectivity index (χ0) is 18.9. The zero-order valence-corrected chi connectivity index (χ0v) is 15.4. The maximum absolute atomic E-state index is 12.3. The second-order valence-corrected chi connectivity index (χ2v) is 8.02. The third-order valence-electron chi connectivity index (χ3n) is 4.64. The number of amides is 2. The van der Waals surface area contributed by atoms with Crippen LogP contribution in [0.2, 0.25) is 0 Å². The number of hydrogen-bond donors (Lipinski definition) is 1. The standard InChI is InChI=1S/C18H20N2O5S/c1-11(21)12-5-3-4-6-13(12)19-15(22)9-25-17(24)14-10-26-18(2)8-7-16(23)20(14)18/h3-6,14H,7-10H2,1-2H3,(H,19,22)/t14-,18+/m1/s1. The van der Waals surface area contributed by atoms with Crippen molar-refractivity contribution in [3.8, 4) is 0 Å². The lowest BCUT2D eigenvalue weighted by Gasteiger charge is -2.29. The van der Waals surface area contributed by atoms with Crippen LogP contribution >= 0.6 is 11.8 Å². The number of rotatable bonds is 5. The lowest BCUT2D eigenvalue weighted by molar-refractivity contribution is -0.155. The van der Waals surface area contributed by atoms with Gasteiger partial charge in [0.1, 0.15) is 6.04 Å². The number of esters is 1. The third-order valence-corrected chi connectivity index (χ3v) is 6.15. The van der Waals surface area contributed by atoms with Gasteiger partial charge >= 0.3 is 5.97 Å². The van der Waals surface area contributed by atoms with Crippen LogP contribution in [0.4, 0.5) is 5.69 Å². The van der Waals surface area contributed by atoms with Crippen molar-refractivity contribution in [3.05, 3.63) is 29.8 Å². The first kappa shape index (κ1) is 18.4. The van der Waals surface area contributed by atoms with Crippen LogP contribution in [0.15, 0.2) is 24.3 Å². The molecule has 0 bridgehead atoms. The number of Topliss-reactive ketones (excluding diaryl/α,β-unsaturated/α-hetero) is 1. The maximum Gasteiger partial charge on any atom is 0.330 e. The number of hydrogen-bond acceptors (Lipinski definition) is 6. The second-order valence-electron chi connectivity index (χ2n) is 6.52. The lowest BCUT2D eigenvalue weighted by Crippen LogP contribution is -2.47. The van der Waals surface area contributed by atoms with Crippen molar-refractivity contribution in [3.63, 3.8) is 0 Å². The Labute approximate surface area is 155 Å². The molecular weight excluding hydrogens is 356 g/mol. The van der Waals surface area contributed by atoms with Crippen LogP contribution in [0.3, 0.4) is 0 Å². The fourth-order valence-electron chi connectivity index (χ4n) is 3.31. The average molecular weight is 376 g/mol. The molecule has 2 heterocycles. The van der Waals surface area contributed by atoms with Gasteiger partial charge in [0.05, 0.1) is 10.6 Å². The quantitative estimate of drug-likeness (QED) is 0.622. The number of ketones is 1. The molecule has 0 spiro atoms. The van der Waals surface area contributed by atoms with Crippen molar-refractivity contribution >= 4 is 41.0 Å². The maximum atomic E-state index is 12.3. The molecule has 1 N–H and O–H groups in total. The Morgan fingerprint density at radius 3 is 2.81 bits per heavy atom. The average Bonchev–Trinajstić information content (AvgIpc) is 3.09. The predicted octanol–water partition coefficient (Wildman–Crippen LogP) is 1.82. The topological polar surface area (TPSA) is 92.8 Å². The van der Waals surface area contributed by atoms with E-state index < -0.39 is 24.5 Å². The highest BCUT2D eigenvalue weighted by molar-refractivity contribution is 8.01. The van der Waals surface area contributed by atoms with Crippen LogP contribution in [-0.2, 0) is 19.1 Å². The van der Waals surface area contributed by atoms with Gasteiger partial charge in [-0.15, -0.1) is 11.8 Å². The number of benzene rings is 1. The van der Waals surface area contributed by atoms with Crippen molar-refractivity contribution in [1.29, 1.82) is 0 Å². The second kappa shape index (κ2) is 7.11. The molecule has 2 amide bonds. The summed E-state index contributed by atoms with van der Waals surface area (Å²) in [6, 6.07) is 5.97. The van der Waals surface area contributed by atoms with Crippen molar-refractivity contribution in [2.45, 2.75) is 37.6 Å². The molecule has 3 rings (SSSR count). The van der Waals surface area contributed by atoms with Gasteiger partial charge in [-0.2, -0.15) is 0 Å². The van der Waals surface area contributed by atoms with E-state index in [-0.39, 0.29) is 16.6 Å². The van der Waals surface area contributed by atoms with Crippen LogP contribution in [0.1, 0.15) is 37.0 Å². The molecule has 2 saturated heterocycles. The highest BCUT2D eigenvalue weighted by Crippen LogP contribution is 2.47. The van der Waals surface area contributed by atoms with E-state index in [1.54, 1.807) is 40.9 Å². The molecule has 8 heteroatoms. The van der Waals surface area contributed by atoms with Crippen LogP contribution in [0.25, 0.3) is 0 Å². The molecular formula is C18H20N2O5S. The Kier molecular flexibility index (Phi) is 5.04. The summed E-state index contributed by atoms with van der Waals surface area (Å²) >= 11 is 1.56. The minimum absolute atomic E-state index is 0.0562. The fourth-order valence-corrected chi connectivity index (χ4v) is 4.73. The molecule has 2 atom stereocenters. The summed E-state index contributed by atoms with van der Waals surface area (Å²) in [5.74, 6) is -0.873. The van der Waals surface area contributed by atoms with Gasteiger partial charge in [-0.25, -0.2) is 4.79 Å². The van der Waals surface area contributed by atoms with Crippen LogP contribution in [0, 0.1) is 0 Å². The first-order valence-corrected chi connectivity index (χ1v) is 9.33. The molecule has 0 aliphatic carbocycles. The van der Waals surface area contributed by atoms with Gasteiger partial charge in [-0.1, -0.05) is 12.1 Å². The van der Waals surface area contributed by atoms with E-state index >= 15 is 0 Å². The van der Waals surface area contributed by atoms with E-state index in [2.05, 4.69) is 5.32 Å². The molecule has 7 nitrogen and oxygen atoms in total. The summed E-state index contributed by atoms with van der Waals surface area (Å²) in [6.45, 7) is 2.89. The highest BCUT2D eigenvalue weighted by Gasteiger charge is 2.53. The molecule has 2 aliphatic rings. The van der Waals surface area contributed by atoms with E-state index in [0.29, 0.717) is 29.8 Å². The molecule has 0 aromatic heterocycles. The van der Waals surface area contributed by atoms with Gasteiger partial charge in [0.2, 0.25) is 5.91 Å². The number of anilines is 1. The van der Waals surface area contributed by atoms with Gasteiger partial charge in [-0.05, 0) is 32.4 Å². The minimum atomic E-state index is -0.655. The number of carbonyl (C=O) groups is 4. The van der Waals surface area contributed by atoms with E-state index in [9.17, 15) is 19.2 Å². The Morgan fingerprint density at radius 1 is 1.35 bits per heavy atom. The molecule has 1 aromatic carbocycles. The number of thioether (sulfide) groups is 1. The van der Waals surface area contributed by atoms with E-state index in [4.69, 9.17) is 4.74 Å². The predicted molar refractivity (Wildman–Crippen MR) is 96.8 cm³/mol. The van der Waals surface area contributed by atoms with Crippen molar-refractivity contribution in [2.75, 3.05) is 17.7 Å². The van der Waals surface area contributed by atoms with Crippen LogP contribution in [0.5, 0.6) is 0 Å². The van der Waals surface area contributed by atoms with Gasteiger partial charge in [-0.3, -0.25) is 14.4 Å². The molecule has 2 aliphatic heterocycles. The Morgan fingerprint density at radius 2 is 2.08 bits per heavy atom. The van der Waals surface area contributed by atoms with Crippen molar-refractivity contribution in [2.24, 2.45) is 0 Å². The summed E-state index contributed by atoms with van der Waals surface area (Å²) < 4.78 is 5.12. The van der Waals surface area contributed by atoms with E-state index in [1.165, 1.54) is 6.92 Å². The monoisotopic (exact) mass is 376 g/mol. The summed E-state index contributed by atoms with van der Waals surface area (Å²) in [5, 5.41) is 2.58. The smallest absolute Gasteiger partial charge is 0.330 e. The van der Waals surface area contributed by atoms with Crippen molar-refractivity contribution < 1.29 is 23.9 Å². The van der Waals surface area contributed by atoms with Crippen LogP contribution < -0.4 is 5.32 Å². The molecule has 0 unspecified atom stereocenters. The molecule has 138 valence electrons. The first-order chi connectivity index (χ1) is 12.3. The summed E-state index contributed by atoms with van der Waals surface area (Å²) in [4.78, 5) is 49.3. The Balaban J connectivity index is 1.58. The number of carbonyl (C=O) groups excluding carboxylic acids is 4. The van der Waals surface area contributed by atoms with Gasteiger partial charge in [0.15, 0.2) is 12.4 Å². The molecule has 1 aromatic rings. The number of ether oxygens (including phenoxy) is 1. The molecule has 0 radical (unpaired) electrons. The first-order valence-electron chi connectivity index (χ1n) is 8.34. The number of nitrogens with zero attached hydrogens (tertiary/aromatic N) is 1. The number of nitrogens with one attached hydrogen (secondary N) is 1. The summed E-state index contributed by atoms with van der Waals surface area (Å²) in [6.07, 6.45) is 1.14. The van der Waals surface area contributed by atoms with E-state index in [0.717, 1.165) is 0 Å². The highest BCUT2D eigenvalue weighted by atomic mass is 32.2. The Hall–Kier alpha value is -2.35. The summed E-state index contributed by atoms with van der Waals surface area (Å²) in [5.41, 5.74) is 0.762.